The quantitative estimate of drug-likeness (QED) is 0.359. The van der Waals surface area contributed by atoms with Crippen LogP contribution in [0.3, 0.4) is 0 Å². The van der Waals surface area contributed by atoms with E-state index in [0.717, 1.165) is 29.9 Å². The summed E-state index contributed by atoms with van der Waals surface area (Å²) in [6.45, 7) is 5.19. The normalized spacial score (nSPS) is 15.6. The molecule has 10 nitrogen and oxygen atoms in total. The van der Waals surface area contributed by atoms with Gasteiger partial charge >= 0.3 is 0 Å². The van der Waals surface area contributed by atoms with Crippen LogP contribution in [0.15, 0.2) is 48.5 Å². The molecule has 38 heavy (non-hydrogen) atoms. The lowest BCUT2D eigenvalue weighted by Crippen LogP contribution is -2.45. The largest absolute Gasteiger partial charge is 0.494 e. The van der Waals surface area contributed by atoms with E-state index >= 15 is 0 Å². The van der Waals surface area contributed by atoms with Crippen LogP contribution in [-0.4, -0.2) is 48.0 Å². The van der Waals surface area contributed by atoms with Gasteiger partial charge < -0.3 is 26.3 Å². The third-order valence-electron chi connectivity index (χ3n) is 6.29. The third-order valence-corrected chi connectivity index (χ3v) is 7.14. The summed E-state index contributed by atoms with van der Waals surface area (Å²) in [5.41, 5.74) is 13.1. The number of nitrogens with one attached hydrogen (secondary N) is 1. The molecule has 1 aromatic heterocycles. The minimum absolute atomic E-state index is 0.0184. The minimum Gasteiger partial charge on any atom is -0.494 e. The zero-order chi connectivity index (χ0) is 27.2. The Balaban J connectivity index is 1.81. The lowest BCUT2D eigenvalue weighted by molar-refractivity contribution is -0.123. The first-order valence-electron chi connectivity index (χ1n) is 12.4. The van der Waals surface area contributed by atoms with Gasteiger partial charge in [-0.2, -0.15) is 4.37 Å². The maximum absolute atomic E-state index is 14.1. The Hall–Kier alpha value is -3.96. The summed E-state index contributed by atoms with van der Waals surface area (Å²) in [7, 11) is 0. The summed E-state index contributed by atoms with van der Waals surface area (Å²) in [6.07, 6.45) is 1.70. The van der Waals surface area contributed by atoms with Gasteiger partial charge in [0.1, 0.15) is 16.7 Å². The van der Waals surface area contributed by atoms with Gasteiger partial charge in [0.2, 0.25) is 5.91 Å². The number of nitrogen functional groups attached to an aromatic ring is 1. The topological polar surface area (TPSA) is 150 Å². The van der Waals surface area contributed by atoms with Crippen molar-refractivity contribution in [2.75, 3.05) is 30.4 Å². The number of para-hydroxylation sites is 1. The van der Waals surface area contributed by atoms with Crippen molar-refractivity contribution in [3.8, 4) is 5.75 Å². The van der Waals surface area contributed by atoms with Crippen molar-refractivity contribution in [2.24, 2.45) is 5.73 Å². The second-order valence-electron chi connectivity index (χ2n) is 8.88. The Bertz CT molecular complexity index is 1300. The van der Waals surface area contributed by atoms with Gasteiger partial charge in [0.15, 0.2) is 5.69 Å². The molecule has 1 fully saturated rings. The standard InChI is InChI=1S/C27H31N5O5S/c1-3-36-18-12-10-17(11-13-18)23(26(34)30-15-19-8-6-14-37-19)32(20-9-5-4-7-16(20)2)27(35)24-21(28)22(25(29)33)31-38-24/h4-5,7,9-13,19,23H,3,6,8,14-15,28H2,1-2H3,(H2,29,33)(H,30,34)/t19-,23+/m0/s1. The first-order valence-corrected chi connectivity index (χ1v) is 13.1. The molecule has 0 saturated carbocycles. The number of primary amides is 1. The van der Waals surface area contributed by atoms with E-state index in [1.165, 1.54) is 4.90 Å². The predicted molar refractivity (Wildman–Crippen MR) is 145 cm³/mol. The van der Waals surface area contributed by atoms with Crippen molar-refractivity contribution >= 4 is 40.6 Å². The molecule has 2 aromatic carbocycles. The smallest absolute Gasteiger partial charge is 0.273 e. The lowest BCUT2D eigenvalue weighted by atomic mass is 10.0. The van der Waals surface area contributed by atoms with Crippen molar-refractivity contribution in [2.45, 2.75) is 38.8 Å². The Labute approximate surface area is 225 Å². The SMILES string of the molecule is CCOc1ccc([C@H](C(=O)NC[C@@H]2CCCO2)N(C(=O)c2snc(C(N)=O)c2N)c2ccccc2C)cc1. The van der Waals surface area contributed by atoms with Crippen LogP contribution in [0.4, 0.5) is 11.4 Å². The molecule has 2 atom stereocenters. The van der Waals surface area contributed by atoms with Crippen LogP contribution in [0.2, 0.25) is 0 Å². The molecule has 11 heteroatoms. The van der Waals surface area contributed by atoms with Crippen LogP contribution in [0.25, 0.3) is 0 Å². The van der Waals surface area contributed by atoms with Crippen LogP contribution < -0.4 is 26.4 Å². The number of nitrogens with zero attached hydrogens (tertiary/aromatic N) is 2. The fourth-order valence-corrected chi connectivity index (χ4v) is 5.13. The molecule has 0 radical (unpaired) electrons. The Morgan fingerprint density at radius 1 is 1.21 bits per heavy atom. The highest BCUT2D eigenvalue weighted by Gasteiger charge is 2.37. The Kier molecular flexibility index (Phi) is 8.59. The Morgan fingerprint density at radius 2 is 1.95 bits per heavy atom. The molecule has 3 aromatic rings. The van der Waals surface area contributed by atoms with Crippen LogP contribution in [0.1, 0.15) is 57.1 Å². The molecule has 0 unspecified atom stereocenters. The number of hydrogen-bond acceptors (Lipinski definition) is 8. The molecular formula is C27H31N5O5S. The van der Waals surface area contributed by atoms with Crippen molar-refractivity contribution in [1.29, 1.82) is 0 Å². The molecule has 5 N–H and O–H groups in total. The predicted octanol–water partition coefficient (Wildman–Crippen LogP) is 3.21. The summed E-state index contributed by atoms with van der Waals surface area (Å²) in [5.74, 6) is -1.16. The van der Waals surface area contributed by atoms with Gasteiger partial charge in [-0.1, -0.05) is 30.3 Å². The Morgan fingerprint density at radius 3 is 2.55 bits per heavy atom. The highest BCUT2D eigenvalue weighted by molar-refractivity contribution is 7.09. The molecule has 4 rings (SSSR count). The summed E-state index contributed by atoms with van der Waals surface area (Å²) in [6, 6.07) is 13.2. The van der Waals surface area contributed by atoms with E-state index < -0.39 is 17.9 Å². The van der Waals surface area contributed by atoms with Crippen molar-refractivity contribution in [3.63, 3.8) is 0 Å². The number of amides is 3. The maximum atomic E-state index is 14.1. The molecular weight excluding hydrogens is 506 g/mol. The number of aromatic nitrogens is 1. The number of anilines is 2. The second-order valence-corrected chi connectivity index (χ2v) is 9.66. The van der Waals surface area contributed by atoms with E-state index in [1.807, 2.05) is 26.0 Å². The van der Waals surface area contributed by atoms with Crippen LogP contribution in [0, 0.1) is 6.92 Å². The minimum atomic E-state index is -1.07. The van der Waals surface area contributed by atoms with E-state index in [9.17, 15) is 14.4 Å². The third kappa shape index (κ3) is 5.79. The first-order chi connectivity index (χ1) is 18.3. The van der Waals surface area contributed by atoms with Gasteiger partial charge in [-0.25, -0.2) is 0 Å². The molecule has 200 valence electrons. The maximum Gasteiger partial charge on any atom is 0.273 e. The molecule has 1 aliphatic heterocycles. The molecule has 1 aliphatic rings. The zero-order valence-corrected chi connectivity index (χ0v) is 22.1. The van der Waals surface area contributed by atoms with Gasteiger partial charge in [0, 0.05) is 18.8 Å². The highest BCUT2D eigenvalue weighted by atomic mass is 32.1. The summed E-state index contributed by atoms with van der Waals surface area (Å²) in [5, 5.41) is 2.97. The van der Waals surface area contributed by atoms with Crippen molar-refractivity contribution < 1.29 is 23.9 Å². The van der Waals surface area contributed by atoms with Gasteiger partial charge in [-0.05, 0) is 67.5 Å². The van der Waals surface area contributed by atoms with E-state index in [2.05, 4.69) is 9.69 Å². The number of carbonyl (C=O) groups is 3. The summed E-state index contributed by atoms with van der Waals surface area (Å²) < 4.78 is 15.2. The zero-order valence-electron chi connectivity index (χ0n) is 21.3. The molecule has 0 spiro atoms. The monoisotopic (exact) mass is 537 g/mol. The van der Waals surface area contributed by atoms with E-state index in [-0.39, 0.29) is 28.3 Å². The lowest BCUT2D eigenvalue weighted by Gasteiger charge is -2.32. The summed E-state index contributed by atoms with van der Waals surface area (Å²) >= 11 is 0.770. The number of rotatable bonds is 10. The number of aryl methyl sites for hydroxylation is 1. The van der Waals surface area contributed by atoms with E-state index in [0.29, 0.717) is 36.8 Å². The number of nitrogens with two attached hydrogens (primary N) is 2. The van der Waals surface area contributed by atoms with Gasteiger partial charge in [0.05, 0.1) is 18.4 Å². The fourth-order valence-electron chi connectivity index (χ4n) is 4.39. The molecule has 2 heterocycles. The average molecular weight is 538 g/mol. The van der Waals surface area contributed by atoms with E-state index in [4.69, 9.17) is 20.9 Å². The molecule has 3 amide bonds. The summed E-state index contributed by atoms with van der Waals surface area (Å²) in [4.78, 5) is 41.2. The van der Waals surface area contributed by atoms with Crippen LogP contribution in [-0.2, 0) is 9.53 Å². The fraction of sp³-hybridized carbons (Fsp3) is 0.333. The van der Waals surface area contributed by atoms with Gasteiger partial charge in [-0.15, -0.1) is 0 Å². The number of carbonyl (C=O) groups excluding carboxylic acids is 3. The van der Waals surface area contributed by atoms with Gasteiger partial charge in [0.25, 0.3) is 11.8 Å². The number of benzene rings is 2. The van der Waals surface area contributed by atoms with Gasteiger partial charge in [-0.3, -0.25) is 19.3 Å². The molecule has 0 bridgehead atoms. The number of ether oxygens (including phenoxy) is 2. The highest BCUT2D eigenvalue weighted by Crippen LogP contribution is 2.35. The second kappa shape index (κ2) is 12.1. The molecule has 0 aliphatic carbocycles. The first kappa shape index (κ1) is 27.1. The molecule has 1 saturated heterocycles. The number of hydrogen-bond donors (Lipinski definition) is 3. The van der Waals surface area contributed by atoms with Crippen molar-refractivity contribution in [1.82, 2.24) is 9.69 Å². The van der Waals surface area contributed by atoms with E-state index in [1.54, 1.807) is 36.4 Å². The van der Waals surface area contributed by atoms with Crippen LogP contribution >= 0.6 is 11.5 Å². The van der Waals surface area contributed by atoms with Crippen molar-refractivity contribution in [3.05, 3.63) is 70.2 Å². The average Bonchev–Trinajstić information content (AvgIpc) is 3.57. The van der Waals surface area contributed by atoms with Crippen LogP contribution in [0.5, 0.6) is 5.75 Å².